The summed E-state index contributed by atoms with van der Waals surface area (Å²) in [6.45, 7) is 0.630. The lowest BCUT2D eigenvalue weighted by molar-refractivity contribution is 0.0721. The average molecular weight is 144 g/mol. The Hall–Kier alpha value is 0.155. The van der Waals surface area contributed by atoms with Crippen LogP contribution in [-0.2, 0) is 9.26 Å². The number of hydrogen-bond donors (Lipinski definition) is 0. The Labute approximate surface area is 58.3 Å². The molecular formula is C5H10BO2P. The number of rotatable bonds is 2. The average Bonchev–Trinajstić information content (AvgIpc) is 2.17. The summed E-state index contributed by atoms with van der Waals surface area (Å²) in [5.74, 6) is 0. The highest BCUT2D eigenvalue weighted by molar-refractivity contribution is 7.09. The van der Waals surface area contributed by atoms with Crippen molar-refractivity contribution in [3.05, 3.63) is 12.2 Å². The van der Waals surface area contributed by atoms with Crippen LogP contribution in [0.4, 0.5) is 0 Å². The van der Waals surface area contributed by atoms with Crippen LogP contribution in [0, 0.1) is 0 Å². The van der Waals surface area contributed by atoms with E-state index in [4.69, 9.17) is 9.26 Å². The van der Waals surface area contributed by atoms with Crippen molar-refractivity contribution in [3.63, 3.8) is 0 Å². The third-order valence-electron chi connectivity index (χ3n) is 1.25. The van der Waals surface area contributed by atoms with Gasteiger partial charge in [-0.3, -0.25) is 0 Å². The van der Waals surface area contributed by atoms with Crippen LogP contribution in [0.2, 0.25) is 0 Å². The van der Waals surface area contributed by atoms with Crippen LogP contribution in [0.25, 0.3) is 0 Å². The Morgan fingerprint density at radius 1 is 1.67 bits per heavy atom. The van der Waals surface area contributed by atoms with Gasteiger partial charge in [0.15, 0.2) is 0 Å². The molecule has 0 saturated carbocycles. The first kappa shape index (κ1) is 7.26. The standard InChI is InChI=1S/C5H10BO2P/c6-5-2-1-4(8-5)3-7-9/h1-2,4-5H,3,6,9H2. The predicted molar refractivity (Wildman–Crippen MR) is 42.0 cm³/mol. The molecule has 3 unspecified atom stereocenters. The molecule has 0 aromatic heterocycles. The van der Waals surface area contributed by atoms with Crippen molar-refractivity contribution in [2.24, 2.45) is 0 Å². The third kappa shape index (κ3) is 2.09. The highest BCUT2D eigenvalue weighted by Gasteiger charge is 2.13. The monoisotopic (exact) mass is 144 g/mol. The molecule has 4 heteroatoms. The van der Waals surface area contributed by atoms with Gasteiger partial charge in [0.05, 0.1) is 12.7 Å². The Kier molecular flexibility index (Phi) is 2.71. The predicted octanol–water partition coefficient (Wildman–Crippen LogP) is -0.293. The molecule has 2 nitrogen and oxygen atoms in total. The molecule has 0 aromatic carbocycles. The maximum Gasteiger partial charge on any atom is 0.144 e. The van der Waals surface area contributed by atoms with E-state index in [1.807, 2.05) is 20.0 Å². The Balaban J connectivity index is 2.24. The van der Waals surface area contributed by atoms with E-state index in [2.05, 4.69) is 9.47 Å². The molecule has 3 atom stereocenters. The molecule has 0 aliphatic carbocycles. The van der Waals surface area contributed by atoms with Crippen LogP contribution in [-0.4, -0.2) is 26.6 Å². The zero-order chi connectivity index (χ0) is 6.69. The normalized spacial score (nSPS) is 33.4. The molecule has 0 amide bonds. The molecule has 1 rings (SSSR count). The van der Waals surface area contributed by atoms with Crippen LogP contribution in [0.15, 0.2) is 12.2 Å². The first-order valence-corrected chi connectivity index (χ1v) is 3.45. The largest absolute Gasteiger partial charge is 0.374 e. The fourth-order valence-electron chi connectivity index (χ4n) is 0.837. The summed E-state index contributed by atoms with van der Waals surface area (Å²) in [7, 11) is 4.22. The Morgan fingerprint density at radius 2 is 2.44 bits per heavy atom. The van der Waals surface area contributed by atoms with Gasteiger partial charge in [-0.1, -0.05) is 12.2 Å². The molecular weight excluding hydrogens is 134 g/mol. The lowest BCUT2D eigenvalue weighted by Gasteiger charge is -2.08. The summed E-state index contributed by atoms with van der Waals surface area (Å²) in [5, 5.41) is 0. The van der Waals surface area contributed by atoms with E-state index in [0.717, 1.165) is 0 Å². The van der Waals surface area contributed by atoms with E-state index in [9.17, 15) is 0 Å². The van der Waals surface area contributed by atoms with Crippen molar-refractivity contribution >= 4 is 17.3 Å². The topological polar surface area (TPSA) is 18.5 Å². The van der Waals surface area contributed by atoms with Gasteiger partial charge in [-0.25, -0.2) is 0 Å². The molecule has 1 aliphatic heterocycles. The van der Waals surface area contributed by atoms with Gasteiger partial charge < -0.3 is 9.26 Å². The van der Waals surface area contributed by atoms with Crippen LogP contribution in [0.1, 0.15) is 0 Å². The molecule has 50 valence electrons. The fraction of sp³-hybridized carbons (Fsp3) is 0.600. The zero-order valence-electron chi connectivity index (χ0n) is 5.41. The van der Waals surface area contributed by atoms with E-state index in [1.165, 1.54) is 0 Å². The second-order valence-corrected chi connectivity index (χ2v) is 2.43. The van der Waals surface area contributed by atoms with Crippen molar-refractivity contribution in [3.8, 4) is 0 Å². The van der Waals surface area contributed by atoms with Crippen molar-refractivity contribution in [2.75, 3.05) is 6.61 Å². The van der Waals surface area contributed by atoms with Crippen LogP contribution in [0.5, 0.6) is 0 Å². The second-order valence-electron chi connectivity index (χ2n) is 2.10. The highest BCUT2D eigenvalue weighted by atomic mass is 31.0. The number of ether oxygens (including phenoxy) is 1. The highest BCUT2D eigenvalue weighted by Crippen LogP contribution is 2.09. The Bertz CT molecular complexity index is 118. The first-order chi connectivity index (χ1) is 4.33. The van der Waals surface area contributed by atoms with Crippen molar-refractivity contribution < 1.29 is 9.26 Å². The molecule has 1 heterocycles. The van der Waals surface area contributed by atoms with Crippen LogP contribution < -0.4 is 0 Å². The summed E-state index contributed by atoms with van der Waals surface area (Å²) in [6, 6.07) is 0.259. The summed E-state index contributed by atoms with van der Waals surface area (Å²) in [4.78, 5) is 0. The summed E-state index contributed by atoms with van der Waals surface area (Å²) >= 11 is 0. The van der Waals surface area contributed by atoms with Gasteiger partial charge in [-0.15, -0.1) is 0 Å². The molecule has 0 radical (unpaired) electrons. The molecule has 0 bridgehead atoms. The fourth-order valence-corrected chi connectivity index (χ4v) is 1.03. The van der Waals surface area contributed by atoms with Crippen LogP contribution >= 0.6 is 9.47 Å². The SMILES string of the molecule is BC1C=CC(COP)O1. The first-order valence-electron chi connectivity index (χ1n) is 2.98. The second kappa shape index (κ2) is 3.36. The summed E-state index contributed by atoms with van der Waals surface area (Å²) in [6.07, 6.45) is 4.22. The molecule has 0 saturated heterocycles. The van der Waals surface area contributed by atoms with E-state index in [-0.39, 0.29) is 12.1 Å². The van der Waals surface area contributed by atoms with E-state index < -0.39 is 0 Å². The molecule has 0 fully saturated rings. The van der Waals surface area contributed by atoms with E-state index in [1.54, 1.807) is 0 Å². The molecule has 0 aromatic rings. The van der Waals surface area contributed by atoms with E-state index >= 15 is 0 Å². The van der Waals surface area contributed by atoms with Crippen molar-refractivity contribution in [1.29, 1.82) is 0 Å². The number of hydrogen-bond acceptors (Lipinski definition) is 2. The summed E-state index contributed by atoms with van der Waals surface area (Å²) < 4.78 is 10.2. The molecule has 1 aliphatic rings. The van der Waals surface area contributed by atoms with Gasteiger partial charge in [-0.2, -0.15) is 0 Å². The minimum Gasteiger partial charge on any atom is -0.374 e. The Morgan fingerprint density at radius 3 is 2.89 bits per heavy atom. The maximum atomic E-state index is 5.35. The third-order valence-corrected chi connectivity index (χ3v) is 1.44. The van der Waals surface area contributed by atoms with Gasteiger partial charge in [0.2, 0.25) is 0 Å². The molecule has 9 heavy (non-hydrogen) atoms. The van der Waals surface area contributed by atoms with Gasteiger partial charge in [0.25, 0.3) is 0 Å². The minimum atomic E-state index is 0.164. The molecule has 0 spiro atoms. The van der Waals surface area contributed by atoms with Crippen LogP contribution in [0.3, 0.4) is 0 Å². The van der Waals surface area contributed by atoms with Gasteiger partial charge in [-0.05, 0) is 0 Å². The quantitative estimate of drug-likeness (QED) is 0.301. The summed E-state index contributed by atoms with van der Waals surface area (Å²) in [5.41, 5.74) is 0. The zero-order valence-corrected chi connectivity index (χ0v) is 6.57. The van der Waals surface area contributed by atoms with Gasteiger partial charge >= 0.3 is 0 Å². The lowest BCUT2D eigenvalue weighted by atomic mass is 10.0. The van der Waals surface area contributed by atoms with Gasteiger partial charge in [0.1, 0.15) is 7.85 Å². The maximum absolute atomic E-state index is 5.35. The van der Waals surface area contributed by atoms with Crippen molar-refractivity contribution in [2.45, 2.75) is 12.1 Å². The smallest absolute Gasteiger partial charge is 0.144 e. The minimum absolute atomic E-state index is 0.164. The van der Waals surface area contributed by atoms with Gasteiger partial charge in [0, 0.05) is 15.5 Å². The molecule has 0 N–H and O–H groups in total. The van der Waals surface area contributed by atoms with E-state index in [0.29, 0.717) is 6.61 Å². The lowest BCUT2D eigenvalue weighted by Crippen LogP contribution is -2.15. The van der Waals surface area contributed by atoms with Crippen molar-refractivity contribution in [1.82, 2.24) is 0 Å².